The van der Waals surface area contributed by atoms with Crippen molar-refractivity contribution in [3.63, 3.8) is 0 Å². The molecule has 3 heteroatoms. The van der Waals surface area contributed by atoms with Gasteiger partial charge in [0.2, 0.25) is 0 Å². The first-order valence-electron chi connectivity index (χ1n) is 4.12. The van der Waals surface area contributed by atoms with Crippen LogP contribution < -0.4 is 11.3 Å². The molecule has 0 bridgehead atoms. The number of rotatable bonds is 5. The number of hydrazine groups is 1. The molecular formula is C9H18N2O. The highest BCUT2D eigenvalue weighted by molar-refractivity contribution is 4.96. The highest BCUT2D eigenvalue weighted by Gasteiger charge is 2.28. The number of hydrogen-bond acceptors (Lipinski definition) is 3. The number of nitrogens with one attached hydrogen (secondary N) is 1. The van der Waals surface area contributed by atoms with Gasteiger partial charge in [0.15, 0.2) is 0 Å². The van der Waals surface area contributed by atoms with E-state index in [1.54, 1.807) is 0 Å². The largest absolute Gasteiger partial charge is 0.374 e. The van der Waals surface area contributed by atoms with Gasteiger partial charge in [0, 0.05) is 13.0 Å². The molecule has 0 spiro atoms. The Hall–Kier alpha value is -0.560. The summed E-state index contributed by atoms with van der Waals surface area (Å²) in [6.45, 7) is 6.55. The molecule has 0 amide bonds. The number of nitrogens with two attached hydrogens (primary N) is 1. The average Bonchev–Trinajstić information content (AvgIpc) is 1.99. The van der Waals surface area contributed by atoms with Crippen LogP contribution in [0.3, 0.4) is 0 Å². The van der Waals surface area contributed by atoms with Crippen molar-refractivity contribution in [3.8, 4) is 12.3 Å². The third-order valence-corrected chi connectivity index (χ3v) is 1.88. The Morgan fingerprint density at radius 1 is 1.67 bits per heavy atom. The van der Waals surface area contributed by atoms with Crippen molar-refractivity contribution in [2.75, 3.05) is 6.61 Å². The molecule has 0 aliphatic heterocycles. The summed E-state index contributed by atoms with van der Waals surface area (Å²) in [5.74, 6) is 7.91. The van der Waals surface area contributed by atoms with Crippen LogP contribution in [-0.2, 0) is 4.74 Å². The molecule has 3 nitrogen and oxygen atoms in total. The van der Waals surface area contributed by atoms with Crippen LogP contribution in [0.15, 0.2) is 0 Å². The Morgan fingerprint density at radius 2 is 2.25 bits per heavy atom. The molecular weight excluding hydrogens is 152 g/mol. The fourth-order valence-corrected chi connectivity index (χ4v) is 1.10. The lowest BCUT2D eigenvalue weighted by molar-refractivity contribution is -0.0369. The summed E-state index contributed by atoms with van der Waals surface area (Å²) in [5, 5.41) is 0. The molecule has 0 rings (SSSR count). The van der Waals surface area contributed by atoms with Crippen molar-refractivity contribution >= 4 is 0 Å². The molecule has 0 fully saturated rings. The summed E-state index contributed by atoms with van der Waals surface area (Å²) < 4.78 is 5.50. The second-order valence-electron chi connectivity index (χ2n) is 3.16. The van der Waals surface area contributed by atoms with Gasteiger partial charge in [-0.1, -0.05) is 0 Å². The number of ether oxygens (including phenoxy) is 1. The Morgan fingerprint density at radius 3 is 2.58 bits per heavy atom. The monoisotopic (exact) mass is 170 g/mol. The topological polar surface area (TPSA) is 47.3 Å². The molecule has 0 aromatic heterocycles. The lowest BCUT2D eigenvalue weighted by Crippen LogP contribution is -2.51. The SMILES string of the molecule is C#CCC(NN)C(C)(C)OCC. The third-order valence-electron chi connectivity index (χ3n) is 1.88. The quantitative estimate of drug-likeness (QED) is 0.362. The van der Waals surface area contributed by atoms with E-state index >= 15 is 0 Å². The maximum atomic E-state index is 5.50. The maximum absolute atomic E-state index is 5.50. The van der Waals surface area contributed by atoms with Crippen molar-refractivity contribution in [2.45, 2.75) is 38.8 Å². The molecule has 70 valence electrons. The standard InChI is InChI=1S/C9H18N2O/c1-5-7-8(11-10)9(3,4)12-6-2/h1,8,11H,6-7,10H2,2-4H3. The highest BCUT2D eigenvalue weighted by atomic mass is 16.5. The van der Waals surface area contributed by atoms with Crippen molar-refractivity contribution in [2.24, 2.45) is 5.84 Å². The Kier molecular flexibility index (Phi) is 4.91. The van der Waals surface area contributed by atoms with Gasteiger partial charge in [0.25, 0.3) is 0 Å². The van der Waals surface area contributed by atoms with Crippen LogP contribution >= 0.6 is 0 Å². The van der Waals surface area contributed by atoms with Crippen LogP contribution in [0.5, 0.6) is 0 Å². The van der Waals surface area contributed by atoms with E-state index in [0.29, 0.717) is 13.0 Å². The lowest BCUT2D eigenvalue weighted by atomic mass is 9.96. The van der Waals surface area contributed by atoms with Crippen LogP contribution in [0.1, 0.15) is 27.2 Å². The fourth-order valence-electron chi connectivity index (χ4n) is 1.10. The molecule has 0 aliphatic carbocycles. The van der Waals surface area contributed by atoms with E-state index in [-0.39, 0.29) is 11.6 Å². The number of hydrogen-bond donors (Lipinski definition) is 2. The molecule has 0 radical (unpaired) electrons. The van der Waals surface area contributed by atoms with Gasteiger partial charge >= 0.3 is 0 Å². The average molecular weight is 170 g/mol. The van der Waals surface area contributed by atoms with Crippen molar-refractivity contribution in [1.29, 1.82) is 0 Å². The number of terminal acetylenes is 1. The van der Waals surface area contributed by atoms with E-state index in [9.17, 15) is 0 Å². The smallest absolute Gasteiger partial charge is 0.0801 e. The van der Waals surface area contributed by atoms with Crippen LogP contribution in [0.2, 0.25) is 0 Å². The first-order chi connectivity index (χ1) is 5.58. The third kappa shape index (κ3) is 3.22. The Balaban J connectivity index is 4.17. The van der Waals surface area contributed by atoms with Crippen molar-refractivity contribution in [3.05, 3.63) is 0 Å². The summed E-state index contributed by atoms with van der Waals surface area (Å²) >= 11 is 0. The van der Waals surface area contributed by atoms with Crippen LogP contribution in [0.25, 0.3) is 0 Å². The summed E-state index contributed by atoms with van der Waals surface area (Å²) in [4.78, 5) is 0. The second kappa shape index (κ2) is 5.15. The predicted molar refractivity (Wildman–Crippen MR) is 50.3 cm³/mol. The molecule has 0 aromatic rings. The van der Waals surface area contributed by atoms with Crippen molar-refractivity contribution < 1.29 is 4.74 Å². The van der Waals surface area contributed by atoms with Gasteiger partial charge in [-0.15, -0.1) is 12.3 Å². The summed E-state index contributed by atoms with van der Waals surface area (Å²) in [6.07, 6.45) is 5.77. The Labute approximate surface area is 74.6 Å². The molecule has 3 N–H and O–H groups in total. The zero-order chi connectivity index (χ0) is 9.61. The summed E-state index contributed by atoms with van der Waals surface area (Å²) in [5.41, 5.74) is 2.35. The zero-order valence-corrected chi connectivity index (χ0v) is 8.05. The fraction of sp³-hybridized carbons (Fsp3) is 0.778. The molecule has 1 atom stereocenters. The van der Waals surface area contributed by atoms with Gasteiger partial charge in [0.1, 0.15) is 0 Å². The van der Waals surface area contributed by atoms with E-state index in [2.05, 4.69) is 11.3 Å². The van der Waals surface area contributed by atoms with Gasteiger partial charge < -0.3 is 4.74 Å². The normalized spacial score (nSPS) is 13.9. The first-order valence-corrected chi connectivity index (χ1v) is 4.12. The summed E-state index contributed by atoms with van der Waals surface area (Å²) in [6, 6.07) is 0.00227. The van der Waals surface area contributed by atoms with Crippen molar-refractivity contribution in [1.82, 2.24) is 5.43 Å². The summed E-state index contributed by atoms with van der Waals surface area (Å²) in [7, 11) is 0. The molecule has 0 aliphatic rings. The molecule has 1 unspecified atom stereocenters. The van der Waals surface area contributed by atoms with Gasteiger partial charge in [-0.3, -0.25) is 11.3 Å². The minimum atomic E-state index is -0.310. The van der Waals surface area contributed by atoms with E-state index < -0.39 is 0 Å². The molecule has 0 heterocycles. The molecule has 12 heavy (non-hydrogen) atoms. The van der Waals surface area contributed by atoms with E-state index in [4.69, 9.17) is 17.0 Å². The van der Waals surface area contributed by atoms with Crippen LogP contribution in [-0.4, -0.2) is 18.2 Å². The Bertz CT molecular complexity index is 160. The molecule has 0 aromatic carbocycles. The van der Waals surface area contributed by atoms with E-state index in [1.807, 2.05) is 20.8 Å². The van der Waals surface area contributed by atoms with Gasteiger partial charge in [0.05, 0.1) is 11.6 Å². The van der Waals surface area contributed by atoms with E-state index in [0.717, 1.165) is 0 Å². The lowest BCUT2D eigenvalue weighted by Gasteiger charge is -2.32. The van der Waals surface area contributed by atoms with Gasteiger partial charge in [-0.25, -0.2) is 0 Å². The molecule has 0 saturated heterocycles. The minimum absolute atomic E-state index is 0.00227. The van der Waals surface area contributed by atoms with Gasteiger partial charge in [-0.05, 0) is 20.8 Å². The van der Waals surface area contributed by atoms with E-state index in [1.165, 1.54) is 0 Å². The van der Waals surface area contributed by atoms with Crippen LogP contribution in [0.4, 0.5) is 0 Å². The maximum Gasteiger partial charge on any atom is 0.0801 e. The van der Waals surface area contributed by atoms with Gasteiger partial charge in [-0.2, -0.15) is 0 Å². The molecule has 0 saturated carbocycles. The van der Waals surface area contributed by atoms with Crippen LogP contribution in [0, 0.1) is 12.3 Å². The predicted octanol–water partition coefficient (Wildman–Crippen LogP) is 0.657. The minimum Gasteiger partial charge on any atom is -0.374 e. The zero-order valence-electron chi connectivity index (χ0n) is 8.05. The second-order valence-corrected chi connectivity index (χ2v) is 3.16. The first kappa shape index (κ1) is 11.4. The highest BCUT2D eigenvalue weighted by Crippen LogP contribution is 2.16.